The highest BCUT2D eigenvalue weighted by Crippen LogP contribution is 2.17. The second kappa shape index (κ2) is 60.6. The summed E-state index contributed by atoms with van der Waals surface area (Å²) in [6.45, 7) is 4.93. The molecule has 0 aromatic carbocycles. The fourth-order valence-corrected chi connectivity index (χ4v) is 9.78. The lowest BCUT2D eigenvalue weighted by atomic mass is 10.0. The summed E-state index contributed by atoms with van der Waals surface area (Å²) in [6.07, 6.45) is 75.8. The van der Waals surface area contributed by atoms with Gasteiger partial charge in [0, 0.05) is 12.8 Å². The fourth-order valence-electron chi connectivity index (χ4n) is 9.78. The largest absolute Gasteiger partial charge is 0.466 e. The molecular formula is C65H123NO5. The zero-order valence-electron chi connectivity index (χ0n) is 47.7. The molecule has 0 aromatic rings. The number of carbonyl (C=O) groups excluding carboxylic acids is 2. The number of aliphatic hydroxyl groups excluding tert-OH is 2. The van der Waals surface area contributed by atoms with Gasteiger partial charge in [-0.2, -0.15) is 0 Å². The predicted molar refractivity (Wildman–Crippen MR) is 310 cm³/mol. The van der Waals surface area contributed by atoms with E-state index in [1.165, 1.54) is 238 Å². The summed E-state index contributed by atoms with van der Waals surface area (Å²) >= 11 is 0. The molecule has 2 atom stereocenters. The van der Waals surface area contributed by atoms with Gasteiger partial charge in [-0.05, 0) is 83.5 Å². The summed E-state index contributed by atoms with van der Waals surface area (Å²) in [4.78, 5) is 24.6. The van der Waals surface area contributed by atoms with Crippen LogP contribution in [0.2, 0.25) is 0 Å². The number of aliphatic hydroxyl groups is 2. The molecule has 0 aliphatic carbocycles. The molecule has 0 spiro atoms. The Morgan fingerprint density at radius 3 is 1.10 bits per heavy atom. The van der Waals surface area contributed by atoms with E-state index >= 15 is 0 Å². The van der Waals surface area contributed by atoms with E-state index in [0.717, 1.165) is 70.6 Å². The molecule has 0 aliphatic heterocycles. The second-order valence-corrected chi connectivity index (χ2v) is 21.7. The molecule has 0 bridgehead atoms. The monoisotopic (exact) mass is 998 g/mol. The van der Waals surface area contributed by atoms with E-state index < -0.39 is 12.1 Å². The third-order valence-corrected chi connectivity index (χ3v) is 14.7. The van der Waals surface area contributed by atoms with Crippen molar-refractivity contribution in [3.8, 4) is 0 Å². The van der Waals surface area contributed by atoms with Crippen molar-refractivity contribution in [2.75, 3.05) is 13.2 Å². The lowest BCUT2D eigenvalue weighted by Crippen LogP contribution is -2.45. The van der Waals surface area contributed by atoms with Crippen molar-refractivity contribution in [1.82, 2.24) is 5.32 Å². The number of hydrogen-bond donors (Lipinski definition) is 3. The number of nitrogens with one attached hydrogen (secondary N) is 1. The molecule has 6 heteroatoms. The zero-order chi connectivity index (χ0) is 51.4. The van der Waals surface area contributed by atoms with Crippen molar-refractivity contribution < 1.29 is 24.5 Å². The molecule has 0 aliphatic rings. The average molecular weight is 999 g/mol. The SMILES string of the molecule is CCCCCC/C=C\C/C=C\CCCCCCCC(=O)OCCCCCCCCCCC/C=C\CCCCCCCC(=O)NC(CO)C(O)CCCCCCCCCCCCCCCCCCCCCC. The third kappa shape index (κ3) is 57.2. The molecule has 0 fully saturated rings. The summed E-state index contributed by atoms with van der Waals surface area (Å²) < 4.78 is 5.48. The third-order valence-electron chi connectivity index (χ3n) is 14.7. The van der Waals surface area contributed by atoms with Gasteiger partial charge >= 0.3 is 5.97 Å². The van der Waals surface area contributed by atoms with E-state index in [1.54, 1.807) is 0 Å². The van der Waals surface area contributed by atoms with Crippen LogP contribution in [0, 0.1) is 0 Å². The Bertz CT molecular complexity index is 1150. The summed E-state index contributed by atoms with van der Waals surface area (Å²) in [7, 11) is 0. The Morgan fingerprint density at radius 1 is 0.394 bits per heavy atom. The summed E-state index contributed by atoms with van der Waals surface area (Å²) in [5.41, 5.74) is 0. The second-order valence-electron chi connectivity index (χ2n) is 21.7. The van der Waals surface area contributed by atoms with Gasteiger partial charge < -0.3 is 20.3 Å². The lowest BCUT2D eigenvalue weighted by Gasteiger charge is -2.22. The summed E-state index contributed by atoms with van der Waals surface area (Å²) in [5.74, 6) is -0.0572. The van der Waals surface area contributed by atoms with Crippen LogP contribution in [0.3, 0.4) is 0 Å². The van der Waals surface area contributed by atoms with Gasteiger partial charge in [0.2, 0.25) is 5.91 Å². The Morgan fingerprint density at radius 2 is 0.704 bits per heavy atom. The Balaban J connectivity index is 3.46. The summed E-state index contributed by atoms with van der Waals surface area (Å²) in [5, 5.41) is 23.4. The number of ether oxygens (including phenoxy) is 1. The average Bonchev–Trinajstić information content (AvgIpc) is 3.37. The smallest absolute Gasteiger partial charge is 0.305 e. The van der Waals surface area contributed by atoms with Gasteiger partial charge in [-0.1, -0.05) is 281 Å². The molecule has 0 rings (SSSR count). The molecule has 418 valence electrons. The maximum absolute atomic E-state index is 12.5. The molecule has 1 amide bonds. The molecule has 0 saturated carbocycles. The molecular weight excluding hydrogens is 875 g/mol. The first kappa shape index (κ1) is 69.1. The maximum Gasteiger partial charge on any atom is 0.305 e. The van der Waals surface area contributed by atoms with Crippen LogP contribution in [-0.4, -0.2) is 47.4 Å². The number of carbonyl (C=O) groups is 2. The van der Waals surface area contributed by atoms with Crippen LogP contribution in [0.25, 0.3) is 0 Å². The van der Waals surface area contributed by atoms with Gasteiger partial charge in [-0.15, -0.1) is 0 Å². The number of hydrogen-bond acceptors (Lipinski definition) is 5. The highest BCUT2D eigenvalue weighted by molar-refractivity contribution is 5.76. The van der Waals surface area contributed by atoms with E-state index in [0.29, 0.717) is 25.9 Å². The molecule has 0 heterocycles. The van der Waals surface area contributed by atoms with Crippen molar-refractivity contribution in [1.29, 1.82) is 0 Å². The predicted octanol–water partition coefficient (Wildman–Crippen LogP) is 20.0. The van der Waals surface area contributed by atoms with Crippen LogP contribution < -0.4 is 5.32 Å². The van der Waals surface area contributed by atoms with E-state index in [-0.39, 0.29) is 18.5 Å². The Kier molecular flexibility index (Phi) is 59.0. The van der Waals surface area contributed by atoms with E-state index in [2.05, 4.69) is 55.6 Å². The van der Waals surface area contributed by atoms with E-state index in [9.17, 15) is 19.8 Å². The summed E-state index contributed by atoms with van der Waals surface area (Å²) in [6, 6.07) is -0.553. The van der Waals surface area contributed by atoms with E-state index in [4.69, 9.17) is 4.74 Å². The number of amides is 1. The molecule has 6 nitrogen and oxygen atoms in total. The van der Waals surface area contributed by atoms with Gasteiger partial charge in [0.15, 0.2) is 0 Å². The van der Waals surface area contributed by atoms with Gasteiger partial charge in [0.05, 0.1) is 25.4 Å². The van der Waals surface area contributed by atoms with Crippen LogP contribution in [0.4, 0.5) is 0 Å². The fraction of sp³-hybridized carbons (Fsp3) is 0.877. The first-order chi connectivity index (χ1) is 35.0. The minimum Gasteiger partial charge on any atom is -0.466 e. The minimum absolute atomic E-state index is 0.0101. The Labute approximate surface area is 443 Å². The number of allylic oxidation sites excluding steroid dienone is 6. The molecule has 0 aromatic heterocycles. The highest BCUT2D eigenvalue weighted by atomic mass is 16.5. The number of unbranched alkanes of at least 4 members (excludes halogenated alkanes) is 42. The zero-order valence-corrected chi connectivity index (χ0v) is 47.7. The normalized spacial score (nSPS) is 12.8. The topological polar surface area (TPSA) is 95.9 Å². The molecule has 0 saturated heterocycles. The van der Waals surface area contributed by atoms with E-state index in [1.807, 2.05) is 0 Å². The molecule has 0 radical (unpaired) electrons. The molecule has 2 unspecified atom stereocenters. The maximum atomic E-state index is 12.5. The van der Waals surface area contributed by atoms with Gasteiger partial charge in [-0.3, -0.25) is 9.59 Å². The first-order valence-corrected chi connectivity index (χ1v) is 31.7. The van der Waals surface area contributed by atoms with Crippen molar-refractivity contribution in [2.24, 2.45) is 0 Å². The quantitative estimate of drug-likeness (QED) is 0.0321. The van der Waals surface area contributed by atoms with Crippen molar-refractivity contribution in [2.45, 2.75) is 353 Å². The van der Waals surface area contributed by atoms with Crippen LogP contribution in [0.5, 0.6) is 0 Å². The Hall–Kier alpha value is -1.92. The number of esters is 1. The first-order valence-electron chi connectivity index (χ1n) is 31.7. The lowest BCUT2D eigenvalue weighted by molar-refractivity contribution is -0.143. The van der Waals surface area contributed by atoms with Crippen LogP contribution in [-0.2, 0) is 14.3 Å². The van der Waals surface area contributed by atoms with Gasteiger partial charge in [-0.25, -0.2) is 0 Å². The van der Waals surface area contributed by atoms with Crippen molar-refractivity contribution >= 4 is 11.9 Å². The van der Waals surface area contributed by atoms with Crippen LogP contribution in [0.1, 0.15) is 341 Å². The minimum atomic E-state index is -0.675. The standard InChI is InChI=1S/C65H123NO5/c1-3-5-7-9-11-13-15-17-19-21-22-23-26-29-33-37-41-45-49-53-57-63(68)62(61-67)66-64(69)58-54-50-46-42-38-34-30-27-24-25-28-32-36-40-44-48-52-56-60-71-65(70)59-55-51-47-43-39-35-31-20-18-16-14-12-10-8-6-4-2/h14,16,20,27,30-31,62-63,67-68H,3-13,15,17-19,21-26,28-29,32-61H2,1-2H3,(H,66,69)/b16-14-,30-27-,31-20-. The van der Waals surface area contributed by atoms with Crippen molar-refractivity contribution in [3.05, 3.63) is 36.5 Å². The van der Waals surface area contributed by atoms with Gasteiger partial charge in [0.1, 0.15) is 0 Å². The number of rotatable bonds is 59. The van der Waals surface area contributed by atoms with Gasteiger partial charge in [0.25, 0.3) is 0 Å². The van der Waals surface area contributed by atoms with Crippen molar-refractivity contribution in [3.63, 3.8) is 0 Å². The van der Waals surface area contributed by atoms with Crippen LogP contribution >= 0.6 is 0 Å². The molecule has 71 heavy (non-hydrogen) atoms. The highest BCUT2D eigenvalue weighted by Gasteiger charge is 2.20. The molecule has 3 N–H and O–H groups in total. The van der Waals surface area contributed by atoms with Crippen LogP contribution in [0.15, 0.2) is 36.5 Å².